The predicted octanol–water partition coefficient (Wildman–Crippen LogP) is 3.12. The Morgan fingerprint density at radius 2 is 2.23 bits per heavy atom. The second-order valence-electron chi connectivity index (χ2n) is 7.45. The summed E-state index contributed by atoms with van der Waals surface area (Å²) in [7, 11) is 0. The van der Waals surface area contributed by atoms with Crippen molar-refractivity contribution in [3.05, 3.63) is 35.5 Å². The van der Waals surface area contributed by atoms with Gasteiger partial charge in [0.05, 0.1) is 11.1 Å². The molecule has 4 rings (SSSR count). The summed E-state index contributed by atoms with van der Waals surface area (Å²) >= 11 is 3.40. The zero-order valence-corrected chi connectivity index (χ0v) is 16.6. The summed E-state index contributed by atoms with van der Waals surface area (Å²) in [6.07, 6.45) is 13.5. The Kier molecular flexibility index (Phi) is 5.91. The molecule has 26 heavy (non-hydrogen) atoms. The molecule has 0 radical (unpaired) electrons. The number of allylic oxidation sites excluding steroid dienone is 6. The molecule has 2 fully saturated rings. The van der Waals surface area contributed by atoms with E-state index in [2.05, 4.69) is 29.6 Å². The van der Waals surface area contributed by atoms with Crippen LogP contribution in [-0.4, -0.2) is 51.9 Å². The summed E-state index contributed by atoms with van der Waals surface area (Å²) in [5.41, 5.74) is 2.97. The minimum absolute atomic E-state index is 0.116. The monoisotopic (exact) mass is 390 g/mol. The third kappa shape index (κ3) is 3.97. The van der Waals surface area contributed by atoms with Gasteiger partial charge in [-0.3, -0.25) is 14.9 Å². The van der Waals surface area contributed by atoms with Crippen LogP contribution in [0.3, 0.4) is 0 Å². The molecule has 2 aliphatic heterocycles. The summed E-state index contributed by atoms with van der Waals surface area (Å²) in [6, 6.07) is -0.327. The number of carbonyl (C=O) groups is 2. The summed E-state index contributed by atoms with van der Waals surface area (Å²) in [5.74, 6) is 3.26. The molecule has 0 aromatic heterocycles. The first-order valence-electron chi connectivity index (χ1n) is 9.50. The Labute approximate surface area is 163 Å². The first-order chi connectivity index (χ1) is 12.7. The molecule has 140 valence electrons. The van der Waals surface area contributed by atoms with Crippen molar-refractivity contribution in [2.45, 2.75) is 43.4 Å². The lowest BCUT2D eigenvalue weighted by Gasteiger charge is -2.27. The van der Waals surface area contributed by atoms with Gasteiger partial charge in [-0.15, -0.1) is 23.5 Å². The molecule has 2 saturated heterocycles. The Bertz CT molecular complexity index is 665. The van der Waals surface area contributed by atoms with E-state index in [1.54, 1.807) is 23.5 Å². The molecule has 2 aliphatic carbocycles. The van der Waals surface area contributed by atoms with Crippen LogP contribution in [0.25, 0.3) is 0 Å². The first kappa shape index (κ1) is 18.4. The van der Waals surface area contributed by atoms with Crippen LogP contribution in [0.1, 0.15) is 32.1 Å². The predicted molar refractivity (Wildman–Crippen MR) is 109 cm³/mol. The Morgan fingerprint density at radius 3 is 3.08 bits per heavy atom. The van der Waals surface area contributed by atoms with Gasteiger partial charge in [0.25, 0.3) is 0 Å². The molecule has 0 saturated carbocycles. The van der Waals surface area contributed by atoms with Crippen LogP contribution in [0.2, 0.25) is 0 Å². The van der Waals surface area contributed by atoms with E-state index in [0.717, 1.165) is 43.9 Å². The van der Waals surface area contributed by atoms with Gasteiger partial charge in [0.15, 0.2) is 0 Å². The van der Waals surface area contributed by atoms with Crippen molar-refractivity contribution in [3.63, 3.8) is 0 Å². The normalized spacial score (nSPS) is 31.2. The first-order valence-corrected chi connectivity index (χ1v) is 11.7. The van der Waals surface area contributed by atoms with Crippen LogP contribution in [0.5, 0.6) is 0 Å². The molecular formula is C20H26N2O2S2. The number of amides is 1. The highest BCUT2D eigenvalue weighted by Crippen LogP contribution is 2.36. The molecular weight excluding hydrogens is 364 g/mol. The number of Topliss-reactive ketones (excluding diaryl/α,β-unsaturated/α-hetero) is 1. The number of hydrogen-bond donors (Lipinski definition) is 1. The number of ketones is 1. The SMILES string of the molecule is O=C(CC1CCC2=C(C=CC=CC2)C1)C1SCN[C@H]1C(=O)N1CCSC1. The largest absolute Gasteiger partial charge is 0.331 e. The number of nitrogens with zero attached hydrogens (tertiary/aromatic N) is 1. The number of rotatable bonds is 4. The fourth-order valence-corrected chi connectivity index (χ4v) is 6.36. The molecule has 6 heteroatoms. The molecule has 3 atom stereocenters. The molecule has 2 heterocycles. The number of nitrogens with one attached hydrogen (secondary N) is 1. The summed E-state index contributed by atoms with van der Waals surface area (Å²) in [5, 5.41) is 3.05. The second-order valence-corrected chi connectivity index (χ2v) is 9.66. The van der Waals surface area contributed by atoms with Crippen molar-refractivity contribution in [1.29, 1.82) is 0 Å². The van der Waals surface area contributed by atoms with E-state index in [4.69, 9.17) is 0 Å². The van der Waals surface area contributed by atoms with Gasteiger partial charge in [0.1, 0.15) is 11.8 Å². The Hall–Kier alpha value is -0.980. The van der Waals surface area contributed by atoms with Crippen LogP contribution in [0, 0.1) is 5.92 Å². The van der Waals surface area contributed by atoms with Gasteiger partial charge in [-0.05, 0) is 37.2 Å². The Morgan fingerprint density at radius 1 is 1.31 bits per heavy atom. The average Bonchev–Trinajstić information content (AvgIpc) is 3.29. The molecule has 0 spiro atoms. The molecule has 0 aromatic rings. The molecule has 1 N–H and O–H groups in total. The minimum Gasteiger partial charge on any atom is -0.331 e. The molecule has 4 nitrogen and oxygen atoms in total. The fourth-order valence-electron chi connectivity index (χ4n) is 4.26. The fraction of sp³-hybridized carbons (Fsp3) is 0.600. The molecule has 2 unspecified atom stereocenters. The third-order valence-corrected chi connectivity index (χ3v) is 7.93. The van der Waals surface area contributed by atoms with E-state index in [9.17, 15) is 9.59 Å². The zero-order valence-electron chi connectivity index (χ0n) is 15.0. The highest BCUT2D eigenvalue weighted by Gasteiger charge is 2.41. The quantitative estimate of drug-likeness (QED) is 0.799. The van der Waals surface area contributed by atoms with Gasteiger partial charge in [-0.1, -0.05) is 29.9 Å². The van der Waals surface area contributed by atoms with Crippen molar-refractivity contribution in [2.75, 3.05) is 24.1 Å². The Balaban J connectivity index is 1.37. The maximum absolute atomic E-state index is 13.0. The zero-order chi connectivity index (χ0) is 17.9. The average molecular weight is 391 g/mol. The van der Waals surface area contributed by atoms with Crippen LogP contribution in [-0.2, 0) is 9.59 Å². The lowest BCUT2D eigenvalue weighted by molar-refractivity contribution is -0.133. The van der Waals surface area contributed by atoms with Crippen molar-refractivity contribution in [1.82, 2.24) is 10.2 Å². The highest BCUT2D eigenvalue weighted by atomic mass is 32.2. The third-order valence-electron chi connectivity index (χ3n) is 5.73. The summed E-state index contributed by atoms with van der Waals surface area (Å²) in [6.45, 7) is 0.813. The number of hydrogen-bond acceptors (Lipinski definition) is 5. The van der Waals surface area contributed by atoms with Crippen molar-refractivity contribution < 1.29 is 9.59 Å². The standard InChI is InChI=1S/C20H26N2O2S2/c23-17(11-14-6-7-15-4-2-1-3-5-16(15)10-14)19-18(21-12-26-19)20(24)22-8-9-25-13-22/h1-3,5,14,18-19,21H,4,6-13H2/t14?,18-,19?/m1/s1. The van der Waals surface area contributed by atoms with Gasteiger partial charge in [-0.2, -0.15) is 0 Å². The van der Waals surface area contributed by atoms with E-state index >= 15 is 0 Å². The van der Waals surface area contributed by atoms with E-state index in [1.807, 2.05) is 4.90 Å². The van der Waals surface area contributed by atoms with Gasteiger partial charge < -0.3 is 4.90 Å². The lowest BCUT2D eigenvalue weighted by Crippen LogP contribution is -2.49. The van der Waals surface area contributed by atoms with Crippen molar-refractivity contribution in [2.24, 2.45) is 5.92 Å². The smallest absolute Gasteiger partial charge is 0.242 e. The van der Waals surface area contributed by atoms with Crippen LogP contribution < -0.4 is 5.32 Å². The second kappa shape index (κ2) is 8.36. The topological polar surface area (TPSA) is 49.4 Å². The van der Waals surface area contributed by atoms with Crippen LogP contribution >= 0.6 is 23.5 Å². The maximum atomic E-state index is 13.0. The van der Waals surface area contributed by atoms with Crippen LogP contribution in [0.4, 0.5) is 0 Å². The van der Waals surface area contributed by atoms with E-state index < -0.39 is 0 Å². The number of carbonyl (C=O) groups excluding carboxylic acids is 2. The number of thioether (sulfide) groups is 2. The van der Waals surface area contributed by atoms with E-state index in [-0.39, 0.29) is 23.0 Å². The van der Waals surface area contributed by atoms with E-state index in [0.29, 0.717) is 18.2 Å². The molecule has 0 aromatic carbocycles. The summed E-state index contributed by atoms with van der Waals surface area (Å²) < 4.78 is 0. The van der Waals surface area contributed by atoms with Crippen molar-refractivity contribution in [3.8, 4) is 0 Å². The molecule has 1 amide bonds. The maximum Gasteiger partial charge on any atom is 0.242 e. The van der Waals surface area contributed by atoms with E-state index in [1.165, 1.54) is 11.1 Å². The van der Waals surface area contributed by atoms with Gasteiger partial charge >= 0.3 is 0 Å². The van der Waals surface area contributed by atoms with Crippen molar-refractivity contribution >= 4 is 35.2 Å². The molecule has 4 aliphatic rings. The van der Waals surface area contributed by atoms with Gasteiger partial charge in [0.2, 0.25) is 5.91 Å². The van der Waals surface area contributed by atoms with Crippen LogP contribution in [0.15, 0.2) is 35.5 Å². The summed E-state index contributed by atoms with van der Waals surface area (Å²) in [4.78, 5) is 27.6. The minimum atomic E-state index is -0.327. The lowest BCUT2D eigenvalue weighted by atomic mass is 9.80. The highest BCUT2D eigenvalue weighted by molar-refractivity contribution is 8.01. The van der Waals surface area contributed by atoms with Gasteiger partial charge in [-0.25, -0.2) is 0 Å². The molecule has 0 bridgehead atoms. The van der Waals surface area contributed by atoms with Gasteiger partial charge in [0, 0.05) is 24.6 Å².